The molecule has 7 heteroatoms. The number of ketones is 1. The van der Waals surface area contributed by atoms with Crippen LogP contribution in [0.15, 0.2) is 65.1 Å². The second-order valence-electron chi connectivity index (χ2n) is 4.92. The van der Waals surface area contributed by atoms with E-state index in [-0.39, 0.29) is 11.6 Å². The summed E-state index contributed by atoms with van der Waals surface area (Å²) in [6.45, 7) is 0. The maximum absolute atomic E-state index is 12.9. The van der Waals surface area contributed by atoms with E-state index < -0.39 is 23.6 Å². The Bertz CT molecular complexity index is 871. The molecule has 3 rings (SSSR count). The summed E-state index contributed by atoms with van der Waals surface area (Å²) < 4.78 is 44.8. The standard InChI is InChI=1S/C17H10F3NO3/c18-17(19,20)14(22)13-16(23)24-15(11-7-3-1-4-8-11)21(13)12-9-5-2-6-10-12/h1-10H/p+1. The molecule has 0 fully saturated rings. The third-order valence-corrected chi connectivity index (χ3v) is 3.33. The zero-order chi connectivity index (χ0) is 17.3. The first kappa shape index (κ1) is 15.8. The number of para-hydroxylation sites is 1. The second kappa shape index (κ2) is 5.84. The Morgan fingerprint density at radius 2 is 1.50 bits per heavy atom. The maximum atomic E-state index is 12.9. The Kier molecular flexibility index (Phi) is 3.84. The second-order valence-corrected chi connectivity index (χ2v) is 4.92. The van der Waals surface area contributed by atoms with Gasteiger partial charge in [-0.3, -0.25) is 4.79 Å². The molecular formula is C17H11F3NO3+. The zero-order valence-electron chi connectivity index (χ0n) is 12.1. The smallest absolute Gasteiger partial charge is 0.461 e. The summed E-state index contributed by atoms with van der Waals surface area (Å²) in [6, 6.07) is 16.1. The normalized spacial score (nSPS) is 11.5. The molecule has 0 atom stereocenters. The van der Waals surface area contributed by atoms with E-state index in [1.165, 1.54) is 12.1 Å². The Labute approximate surface area is 134 Å². The van der Waals surface area contributed by atoms with Gasteiger partial charge < -0.3 is 9.52 Å². The molecular weight excluding hydrogens is 323 g/mol. The zero-order valence-corrected chi connectivity index (χ0v) is 12.1. The van der Waals surface area contributed by atoms with Crippen molar-refractivity contribution in [1.82, 2.24) is 0 Å². The monoisotopic (exact) mass is 334 g/mol. The number of alkyl halides is 3. The van der Waals surface area contributed by atoms with Crippen molar-refractivity contribution in [2.24, 2.45) is 0 Å². The van der Waals surface area contributed by atoms with Crippen LogP contribution in [0, 0.1) is 0 Å². The highest BCUT2D eigenvalue weighted by Gasteiger charge is 2.50. The summed E-state index contributed by atoms with van der Waals surface area (Å²) in [6.07, 6.45) is -5.15. The van der Waals surface area contributed by atoms with Crippen molar-refractivity contribution in [3.05, 3.63) is 66.4 Å². The lowest BCUT2D eigenvalue weighted by atomic mass is 10.2. The first-order valence-corrected chi connectivity index (χ1v) is 6.90. The number of benzene rings is 2. The largest absolute Gasteiger partial charge is 0.476 e. The number of Topliss-reactive ketones (excluding diaryl/α,β-unsaturated/α-hetero) is 1. The molecule has 0 aliphatic carbocycles. The Hall–Kier alpha value is -3.09. The number of rotatable bonds is 3. The van der Waals surface area contributed by atoms with Gasteiger partial charge in [-0.1, -0.05) is 36.4 Å². The minimum atomic E-state index is -5.15. The van der Waals surface area contributed by atoms with Crippen LogP contribution >= 0.6 is 0 Å². The average molecular weight is 334 g/mol. The van der Waals surface area contributed by atoms with Gasteiger partial charge in [0.1, 0.15) is 0 Å². The van der Waals surface area contributed by atoms with Crippen LogP contribution in [0.2, 0.25) is 0 Å². The van der Waals surface area contributed by atoms with E-state index in [2.05, 4.69) is 0 Å². The van der Waals surface area contributed by atoms with Gasteiger partial charge in [-0.25, -0.2) is 0 Å². The molecule has 1 heterocycles. The van der Waals surface area contributed by atoms with Gasteiger partial charge in [-0.2, -0.15) is 13.2 Å². The van der Waals surface area contributed by atoms with Crippen molar-refractivity contribution in [1.29, 1.82) is 0 Å². The molecule has 1 N–H and O–H groups in total. The molecule has 0 aliphatic rings. The van der Waals surface area contributed by atoms with Crippen molar-refractivity contribution in [2.75, 3.05) is 0 Å². The average Bonchev–Trinajstić information content (AvgIpc) is 2.92. The molecule has 0 amide bonds. The highest BCUT2D eigenvalue weighted by atomic mass is 19.4. The van der Waals surface area contributed by atoms with Crippen molar-refractivity contribution >= 4 is 5.78 Å². The van der Waals surface area contributed by atoms with Crippen LogP contribution in [-0.2, 0) is 0 Å². The predicted molar refractivity (Wildman–Crippen MR) is 77.7 cm³/mol. The summed E-state index contributed by atoms with van der Waals surface area (Å²) in [5, 5.41) is 9.86. The summed E-state index contributed by atoms with van der Waals surface area (Å²) in [5.41, 5.74) is -0.293. The van der Waals surface area contributed by atoms with E-state index in [0.717, 1.165) is 4.57 Å². The van der Waals surface area contributed by atoms with Gasteiger partial charge >= 0.3 is 29.5 Å². The van der Waals surface area contributed by atoms with Crippen LogP contribution in [-0.4, -0.2) is 17.1 Å². The molecule has 0 bridgehead atoms. The molecule has 3 aromatic rings. The molecule has 0 radical (unpaired) electrons. The molecule has 1 aromatic heterocycles. The van der Waals surface area contributed by atoms with Gasteiger partial charge in [-0.15, -0.1) is 4.57 Å². The SMILES string of the molecule is O=C(c1c(O)oc(-c2ccccc2)[n+]1-c1ccccc1)C(F)(F)F. The van der Waals surface area contributed by atoms with Crippen molar-refractivity contribution in [3.8, 4) is 23.1 Å². The van der Waals surface area contributed by atoms with Gasteiger partial charge in [0.15, 0.2) is 0 Å². The fourth-order valence-corrected chi connectivity index (χ4v) is 2.31. The number of oxazole rings is 1. The summed E-state index contributed by atoms with van der Waals surface area (Å²) >= 11 is 0. The molecule has 24 heavy (non-hydrogen) atoms. The number of hydrogen-bond donors (Lipinski definition) is 1. The van der Waals surface area contributed by atoms with E-state index in [1.807, 2.05) is 0 Å². The van der Waals surface area contributed by atoms with Crippen LogP contribution in [0.25, 0.3) is 17.1 Å². The van der Waals surface area contributed by atoms with Crippen molar-refractivity contribution in [3.63, 3.8) is 0 Å². The van der Waals surface area contributed by atoms with E-state index in [9.17, 15) is 23.1 Å². The molecule has 122 valence electrons. The van der Waals surface area contributed by atoms with Crippen LogP contribution in [0.4, 0.5) is 13.2 Å². The third kappa shape index (κ3) is 2.76. The topological polar surface area (TPSA) is 54.3 Å². The molecule has 0 saturated carbocycles. The fraction of sp³-hybridized carbons (Fsp3) is 0.0588. The van der Waals surface area contributed by atoms with Gasteiger partial charge in [0.05, 0.1) is 5.56 Å². The number of aromatic nitrogens is 1. The Morgan fingerprint density at radius 1 is 0.958 bits per heavy atom. The van der Waals surface area contributed by atoms with Gasteiger partial charge in [0, 0.05) is 12.1 Å². The molecule has 0 saturated heterocycles. The summed E-state index contributed by atoms with van der Waals surface area (Å²) in [7, 11) is 0. The van der Waals surface area contributed by atoms with Crippen LogP contribution in [0.3, 0.4) is 0 Å². The predicted octanol–water partition coefficient (Wildman–Crippen LogP) is 3.67. The lowest BCUT2D eigenvalue weighted by Gasteiger charge is -2.02. The van der Waals surface area contributed by atoms with Crippen LogP contribution < -0.4 is 4.57 Å². The minimum absolute atomic E-state index is 0.0769. The molecule has 2 aromatic carbocycles. The number of carbonyl (C=O) groups is 1. The first-order chi connectivity index (χ1) is 11.4. The van der Waals surface area contributed by atoms with Gasteiger partial charge in [-0.05, 0) is 12.1 Å². The Morgan fingerprint density at radius 3 is 2.04 bits per heavy atom. The number of aromatic hydroxyl groups is 1. The summed E-state index contributed by atoms with van der Waals surface area (Å²) in [4.78, 5) is 11.8. The van der Waals surface area contributed by atoms with Crippen LogP contribution in [0.5, 0.6) is 5.95 Å². The lowest BCUT2D eigenvalue weighted by molar-refractivity contribution is -0.589. The maximum Gasteiger partial charge on any atom is 0.461 e. The number of halogens is 3. The lowest BCUT2D eigenvalue weighted by Crippen LogP contribution is -2.41. The van der Waals surface area contributed by atoms with Crippen molar-refractivity contribution < 1.29 is 32.1 Å². The highest BCUT2D eigenvalue weighted by molar-refractivity contribution is 5.99. The Balaban J connectivity index is 2.31. The van der Waals surface area contributed by atoms with Gasteiger partial charge in [0.2, 0.25) is 5.69 Å². The fourth-order valence-electron chi connectivity index (χ4n) is 2.31. The molecule has 0 spiro atoms. The number of nitrogens with zero attached hydrogens (tertiary/aromatic N) is 1. The molecule has 0 unspecified atom stereocenters. The van der Waals surface area contributed by atoms with Crippen molar-refractivity contribution in [2.45, 2.75) is 6.18 Å². The minimum Gasteiger partial charge on any atom is -0.476 e. The number of hydrogen-bond acceptors (Lipinski definition) is 3. The third-order valence-electron chi connectivity index (χ3n) is 3.33. The first-order valence-electron chi connectivity index (χ1n) is 6.90. The van der Waals surface area contributed by atoms with E-state index in [4.69, 9.17) is 4.42 Å². The summed E-state index contributed by atoms with van der Waals surface area (Å²) in [5.74, 6) is -3.35. The highest BCUT2D eigenvalue weighted by Crippen LogP contribution is 2.31. The molecule has 4 nitrogen and oxygen atoms in total. The van der Waals surface area contributed by atoms with E-state index >= 15 is 0 Å². The number of carbonyl (C=O) groups excluding carboxylic acids is 1. The van der Waals surface area contributed by atoms with E-state index in [0.29, 0.717) is 5.56 Å². The quantitative estimate of drug-likeness (QED) is 0.587. The van der Waals surface area contributed by atoms with Gasteiger partial charge in [0.25, 0.3) is 0 Å². The van der Waals surface area contributed by atoms with E-state index in [1.54, 1.807) is 48.5 Å². The van der Waals surface area contributed by atoms with Crippen LogP contribution in [0.1, 0.15) is 10.5 Å². The molecule has 0 aliphatic heterocycles.